The second kappa shape index (κ2) is 4.56. The molecule has 3 rings (SSSR count). The summed E-state index contributed by atoms with van der Waals surface area (Å²) in [4.78, 5) is 4.36. The lowest BCUT2D eigenvalue weighted by atomic mass is 10.2. The summed E-state index contributed by atoms with van der Waals surface area (Å²) in [5.74, 6) is 0. The van der Waals surface area contributed by atoms with Crippen LogP contribution in [0.1, 0.15) is 17.0 Å². The van der Waals surface area contributed by atoms with Gasteiger partial charge in [0.2, 0.25) is 0 Å². The number of fused-ring (bicyclic) bond motifs is 1. The van der Waals surface area contributed by atoms with Gasteiger partial charge in [-0.1, -0.05) is 6.07 Å². The lowest BCUT2D eigenvalue weighted by molar-refractivity contribution is 0.614. The minimum atomic E-state index is 0.473. The fraction of sp³-hybridized carbons (Fsp3) is 0.286. The van der Waals surface area contributed by atoms with E-state index in [4.69, 9.17) is 10.2 Å². The number of aromatic nitrogens is 3. The van der Waals surface area contributed by atoms with Crippen molar-refractivity contribution >= 4 is 22.8 Å². The van der Waals surface area contributed by atoms with Crippen LogP contribution in [0.15, 0.2) is 22.6 Å². The predicted octanol–water partition coefficient (Wildman–Crippen LogP) is 2.37. The van der Waals surface area contributed by atoms with Gasteiger partial charge >= 0.3 is 0 Å². The fourth-order valence-electron chi connectivity index (χ4n) is 2.28. The number of nitrogen functional groups attached to an aromatic ring is 1. The van der Waals surface area contributed by atoms with Gasteiger partial charge in [0.25, 0.3) is 6.01 Å². The summed E-state index contributed by atoms with van der Waals surface area (Å²) in [6.45, 7) is 4.66. The molecule has 0 atom stereocenters. The Kier molecular flexibility index (Phi) is 2.85. The molecule has 0 fully saturated rings. The number of aryl methyl sites for hydroxylation is 2. The smallest absolute Gasteiger partial charge is 0.296 e. The van der Waals surface area contributed by atoms with Gasteiger partial charge in [-0.2, -0.15) is 10.1 Å². The zero-order valence-corrected chi connectivity index (χ0v) is 11.8. The predicted molar refractivity (Wildman–Crippen MR) is 78.4 cm³/mol. The van der Waals surface area contributed by atoms with Crippen molar-refractivity contribution in [1.29, 1.82) is 0 Å². The second-order valence-electron chi connectivity index (χ2n) is 4.84. The van der Waals surface area contributed by atoms with E-state index in [-0.39, 0.29) is 0 Å². The maximum atomic E-state index is 5.86. The van der Waals surface area contributed by atoms with E-state index >= 15 is 0 Å². The molecule has 0 amide bonds. The quantitative estimate of drug-likeness (QED) is 0.715. The Hall–Kier alpha value is -2.50. The number of nitrogens with zero attached hydrogens (tertiary/aromatic N) is 3. The van der Waals surface area contributed by atoms with Crippen molar-refractivity contribution in [2.75, 3.05) is 11.1 Å². The van der Waals surface area contributed by atoms with Gasteiger partial charge in [-0.15, -0.1) is 0 Å². The molecule has 0 aliphatic heterocycles. The van der Waals surface area contributed by atoms with Gasteiger partial charge in [-0.3, -0.25) is 4.68 Å². The summed E-state index contributed by atoms with van der Waals surface area (Å²) >= 11 is 0. The Labute approximate surface area is 116 Å². The molecular formula is C14H17N5O. The van der Waals surface area contributed by atoms with Crippen molar-refractivity contribution in [1.82, 2.24) is 14.8 Å². The molecule has 6 nitrogen and oxygen atoms in total. The zero-order valence-electron chi connectivity index (χ0n) is 11.8. The SMILES string of the molecule is Cc1nn(C)c(C)c1CNc1nc2c(N)cccc2o1. The van der Waals surface area contributed by atoms with E-state index in [9.17, 15) is 0 Å². The topological polar surface area (TPSA) is 81.9 Å². The molecule has 3 aromatic rings. The van der Waals surface area contributed by atoms with Crippen molar-refractivity contribution in [2.24, 2.45) is 7.05 Å². The summed E-state index contributed by atoms with van der Waals surface area (Å²) in [5.41, 5.74) is 11.2. The molecule has 0 aliphatic carbocycles. The van der Waals surface area contributed by atoms with E-state index in [2.05, 4.69) is 15.4 Å². The number of hydrogen-bond acceptors (Lipinski definition) is 5. The number of nitrogens with one attached hydrogen (secondary N) is 1. The third-order valence-electron chi connectivity index (χ3n) is 3.53. The van der Waals surface area contributed by atoms with Gasteiger partial charge in [0.05, 0.1) is 11.4 Å². The molecule has 2 aromatic heterocycles. The number of para-hydroxylation sites is 1. The van der Waals surface area contributed by atoms with E-state index in [1.54, 1.807) is 0 Å². The van der Waals surface area contributed by atoms with Crippen LogP contribution in [0.3, 0.4) is 0 Å². The first-order chi connectivity index (χ1) is 9.56. The molecule has 104 valence electrons. The van der Waals surface area contributed by atoms with Crippen molar-refractivity contribution in [2.45, 2.75) is 20.4 Å². The molecule has 6 heteroatoms. The normalized spacial score (nSPS) is 11.2. The summed E-state index contributed by atoms with van der Waals surface area (Å²) in [7, 11) is 1.94. The summed E-state index contributed by atoms with van der Waals surface area (Å²) in [6, 6.07) is 5.98. The molecule has 2 heterocycles. The average Bonchev–Trinajstić information content (AvgIpc) is 2.92. The van der Waals surface area contributed by atoms with Crippen LogP contribution in [0.25, 0.3) is 11.1 Å². The van der Waals surface area contributed by atoms with E-state index in [1.165, 1.54) is 0 Å². The van der Waals surface area contributed by atoms with Crippen molar-refractivity contribution in [3.05, 3.63) is 35.2 Å². The molecule has 20 heavy (non-hydrogen) atoms. The monoisotopic (exact) mass is 271 g/mol. The van der Waals surface area contributed by atoms with Crippen LogP contribution < -0.4 is 11.1 Å². The van der Waals surface area contributed by atoms with Crippen LogP contribution in [-0.4, -0.2) is 14.8 Å². The molecule has 0 aliphatic rings. The number of benzene rings is 1. The van der Waals surface area contributed by atoms with E-state index in [1.807, 2.05) is 43.8 Å². The lowest BCUT2D eigenvalue weighted by Crippen LogP contribution is -2.02. The van der Waals surface area contributed by atoms with Crippen LogP contribution >= 0.6 is 0 Å². The minimum Gasteiger partial charge on any atom is -0.423 e. The molecule has 0 bridgehead atoms. The highest BCUT2D eigenvalue weighted by Gasteiger charge is 2.11. The van der Waals surface area contributed by atoms with Crippen LogP contribution in [0.2, 0.25) is 0 Å². The van der Waals surface area contributed by atoms with Crippen molar-refractivity contribution in [3.63, 3.8) is 0 Å². The minimum absolute atomic E-state index is 0.473. The molecular weight excluding hydrogens is 254 g/mol. The zero-order chi connectivity index (χ0) is 14.3. The standard InChI is InChI=1S/C14H17N5O/c1-8-10(9(2)19(3)18-8)7-16-14-17-13-11(15)5-4-6-12(13)20-14/h4-6H,7,15H2,1-3H3,(H,16,17). The first kappa shape index (κ1) is 12.5. The highest BCUT2D eigenvalue weighted by Crippen LogP contribution is 2.24. The highest BCUT2D eigenvalue weighted by atomic mass is 16.4. The molecule has 0 spiro atoms. The maximum Gasteiger partial charge on any atom is 0.296 e. The molecule has 0 radical (unpaired) electrons. The third-order valence-corrected chi connectivity index (χ3v) is 3.53. The summed E-state index contributed by atoms with van der Waals surface area (Å²) < 4.78 is 7.50. The van der Waals surface area contributed by atoms with Gasteiger partial charge in [0.1, 0.15) is 5.52 Å². The Morgan fingerprint density at radius 2 is 2.15 bits per heavy atom. The van der Waals surface area contributed by atoms with Crippen molar-refractivity contribution < 1.29 is 4.42 Å². The molecule has 0 saturated carbocycles. The van der Waals surface area contributed by atoms with Gasteiger partial charge in [-0.25, -0.2) is 0 Å². The van der Waals surface area contributed by atoms with Crippen molar-refractivity contribution in [3.8, 4) is 0 Å². The maximum absolute atomic E-state index is 5.86. The van der Waals surface area contributed by atoms with Gasteiger partial charge < -0.3 is 15.5 Å². The molecule has 3 N–H and O–H groups in total. The Morgan fingerprint density at radius 1 is 1.35 bits per heavy atom. The van der Waals surface area contributed by atoms with Gasteiger partial charge in [-0.05, 0) is 26.0 Å². The van der Waals surface area contributed by atoms with Gasteiger partial charge in [0.15, 0.2) is 5.58 Å². The fourth-order valence-corrected chi connectivity index (χ4v) is 2.28. The van der Waals surface area contributed by atoms with Gasteiger partial charge in [0, 0.05) is 24.8 Å². The van der Waals surface area contributed by atoms with E-state index in [0.29, 0.717) is 29.3 Å². The highest BCUT2D eigenvalue weighted by molar-refractivity contribution is 5.86. The van der Waals surface area contributed by atoms with E-state index < -0.39 is 0 Å². The average molecular weight is 271 g/mol. The van der Waals surface area contributed by atoms with E-state index in [0.717, 1.165) is 17.0 Å². The largest absolute Gasteiger partial charge is 0.423 e. The Morgan fingerprint density at radius 3 is 2.80 bits per heavy atom. The van der Waals surface area contributed by atoms with Crippen LogP contribution in [0.5, 0.6) is 0 Å². The number of oxazole rings is 1. The lowest BCUT2D eigenvalue weighted by Gasteiger charge is -2.02. The molecule has 0 unspecified atom stereocenters. The third kappa shape index (κ3) is 1.99. The summed E-state index contributed by atoms with van der Waals surface area (Å²) in [5, 5.41) is 7.57. The molecule has 0 saturated heterocycles. The first-order valence-electron chi connectivity index (χ1n) is 6.44. The van der Waals surface area contributed by atoms with Crippen LogP contribution in [0, 0.1) is 13.8 Å². The second-order valence-corrected chi connectivity index (χ2v) is 4.84. The Bertz CT molecular complexity index is 771. The Balaban J connectivity index is 1.85. The van der Waals surface area contributed by atoms with Crippen LogP contribution in [-0.2, 0) is 13.6 Å². The number of nitrogens with two attached hydrogens (primary N) is 1. The summed E-state index contributed by atoms with van der Waals surface area (Å²) in [6.07, 6.45) is 0. The number of hydrogen-bond donors (Lipinski definition) is 2. The van der Waals surface area contributed by atoms with Crippen LogP contribution in [0.4, 0.5) is 11.7 Å². The first-order valence-corrected chi connectivity index (χ1v) is 6.44. The number of rotatable bonds is 3. The number of anilines is 2. The molecule has 1 aromatic carbocycles.